The average Bonchev–Trinajstić information content (AvgIpc) is 2.26. The molecule has 0 heterocycles. The second-order valence-corrected chi connectivity index (χ2v) is 3.27. The zero-order valence-corrected chi connectivity index (χ0v) is 9.48. The zero-order valence-electron chi connectivity index (χ0n) is 9.48. The first-order valence-electron chi connectivity index (χ1n) is 4.75. The average molecular weight is 222 g/mol. The van der Waals surface area contributed by atoms with Gasteiger partial charge < -0.3 is 4.74 Å². The molecule has 0 spiro atoms. The molecule has 86 valence electrons. The number of amides is 1. The van der Waals surface area contributed by atoms with Crippen molar-refractivity contribution in [3.8, 4) is 5.75 Å². The van der Waals surface area contributed by atoms with Gasteiger partial charge in [0.25, 0.3) is 0 Å². The van der Waals surface area contributed by atoms with Crippen molar-refractivity contribution in [3.63, 3.8) is 0 Å². The fraction of sp³-hybridized carbons (Fsp3) is 0.273. The standard InChI is InChI=1S/C11H14N2O3/c1-8(2)13-16-11(14)12-9-5-4-6-10(7-9)15-3/h4-7H,1-3H3,(H,12,14). The largest absolute Gasteiger partial charge is 0.497 e. The Morgan fingerprint density at radius 3 is 2.75 bits per heavy atom. The molecule has 0 unspecified atom stereocenters. The summed E-state index contributed by atoms with van der Waals surface area (Å²) < 4.78 is 5.01. The number of benzene rings is 1. The smallest absolute Gasteiger partial charge is 0.437 e. The van der Waals surface area contributed by atoms with E-state index in [0.29, 0.717) is 17.1 Å². The number of carbonyl (C=O) groups excluding carboxylic acids is 1. The van der Waals surface area contributed by atoms with Crippen molar-refractivity contribution in [1.82, 2.24) is 0 Å². The van der Waals surface area contributed by atoms with Gasteiger partial charge in [-0.3, -0.25) is 10.2 Å². The molecule has 1 amide bonds. The fourth-order valence-corrected chi connectivity index (χ4v) is 0.974. The first-order valence-corrected chi connectivity index (χ1v) is 4.75. The van der Waals surface area contributed by atoms with E-state index in [9.17, 15) is 4.79 Å². The van der Waals surface area contributed by atoms with Crippen molar-refractivity contribution in [1.29, 1.82) is 0 Å². The topological polar surface area (TPSA) is 59.9 Å². The number of hydrogen-bond acceptors (Lipinski definition) is 4. The Hall–Kier alpha value is -2.04. The van der Waals surface area contributed by atoms with Gasteiger partial charge in [0.05, 0.1) is 12.8 Å². The molecule has 5 heteroatoms. The van der Waals surface area contributed by atoms with Crippen LogP contribution in [0.2, 0.25) is 0 Å². The lowest BCUT2D eigenvalue weighted by atomic mass is 10.3. The minimum atomic E-state index is -0.630. The van der Waals surface area contributed by atoms with Crippen LogP contribution in [0.1, 0.15) is 13.8 Å². The van der Waals surface area contributed by atoms with Gasteiger partial charge in [0.15, 0.2) is 0 Å². The van der Waals surface area contributed by atoms with Crippen LogP contribution in [-0.2, 0) is 4.84 Å². The first-order chi connectivity index (χ1) is 7.61. The van der Waals surface area contributed by atoms with Gasteiger partial charge in [-0.05, 0) is 26.0 Å². The summed E-state index contributed by atoms with van der Waals surface area (Å²) in [5.74, 6) is 0.660. The van der Waals surface area contributed by atoms with E-state index >= 15 is 0 Å². The summed E-state index contributed by atoms with van der Waals surface area (Å²) >= 11 is 0. The summed E-state index contributed by atoms with van der Waals surface area (Å²) in [4.78, 5) is 15.8. The number of nitrogens with one attached hydrogen (secondary N) is 1. The van der Waals surface area contributed by atoms with E-state index in [1.165, 1.54) is 0 Å². The Kier molecular flexibility index (Phi) is 4.32. The Balaban J connectivity index is 2.59. The second-order valence-electron chi connectivity index (χ2n) is 3.27. The highest BCUT2D eigenvalue weighted by Crippen LogP contribution is 2.16. The molecule has 5 nitrogen and oxygen atoms in total. The Morgan fingerprint density at radius 2 is 2.12 bits per heavy atom. The lowest BCUT2D eigenvalue weighted by molar-refractivity contribution is 0.166. The van der Waals surface area contributed by atoms with Crippen LogP contribution < -0.4 is 10.1 Å². The third-order valence-corrected chi connectivity index (χ3v) is 1.63. The molecular formula is C11H14N2O3. The van der Waals surface area contributed by atoms with Gasteiger partial charge >= 0.3 is 6.09 Å². The summed E-state index contributed by atoms with van der Waals surface area (Å²) in [6.07, 6.45) is -0.630. The molecule has 0 saturated heterocycles. The molecule has 0 aliphatic rings. The molecule has 1 N–H and O–H groups in total. The number of ether oxygens (including phenoxy) is 1. The van der Waals surface area contributed by atoms with Gasteiger partial charge in [0.1, 0.15) is 5.75 Å². The number of oxime groups is 1. The van der Waals surface area contributed by atoms with Gasteiger partial charge in [0.2, 0.25) is 0 Å². The van der Waals surface area contributed by atoms with E-state index in [2.05, 4.69) is 15.3 Å². The van der Waals surface area contributed by atoms with Crippen molar-refractivity contribution < 1.29 is 14.4 Å². The van der Waals surface area contributed by atoms with Crippen LogP contribution in [0.15, 0.2) is 29.4 Å². The quantitative estimate of drug-likeness (QED) is 0.486. The van der Waals surface area contributed by atoms with Crippen LogP contribution in [0.25, 0.3) is 0 Å². The minimum Gasteiger partial charge on any atom is -0.497 e. The second kappa shape index (κ2) is 5.75. The summed E-state index contributed by atoms with van der Waals surface area (Å²) in [5, 5.41) is 6.06. The molecule has 0 aromatic heterocycles. The Labute approximate surface area is 94.0 Å². The lowest BCUT2D eigenvalue weighted by Gasteiger charge is -2.04. The summed E-state index contributed by atoms with van der Waals surface area (Å²) in [6, 6.07) is 6.96. The molecule has 0 aliphatic carbocycles. The highest BCUT2D eigenvalue weighted by molar-refractivity contribution is 5.86. The molecule has 1 aromatic carbocycles. The zero-order chi connectivity index (χ0) is 12.0. The van der Waals surface area contributed by atoms with Crippen LogP contribution >= 0.6 is 0 Å². The third kappa shape index (κ3) is 4.00. The number of methoxy groups -OCH3 is 1. The van der Waals surface area contributed by atoms with Gasteiger partial charge in [-0.15, -0.1) is 0 Å². The van der Waals surface area contributed by atoms with Crippen molar-refractivity contribution in [3.05, 3.63) is 24.3 Å². The molecule has 0 saturated carbocycles. The monoisotopic (exact) mass is 222 g/mol. The number of hydrogen-bond donors (Lipinski definition) is 1. The number of nitrogens with zero attached hydrogens (tertiary/aromatic N) is 1. The van der Waals surface area contributed by atoms with E-state index in [-0.39, 0.29) is 0 Å². The molecule has 0 aliphatic heterocycles. The molecular weight excluding hydrogens is 208 g/mol. The molecule has 0 bridgehead atoms. The molecule has 0 radical (unpaired) electrons. The Bertz CT molecular complexity index is 398. The normalized spacial score (nSPS) is 9.19. The van der Waals surface area contributed by atoms with Crippen molar-refractivity contribution in [2.24, 2.45) is 5.16 Å². The number of rotatable bonds is 3. The maximum absolute atomic E-state index is 11.2. The molecule has 0 fully saturated rings. The maximum atomic E-state index is 11.2. The van der Waals surface area contributed by atoms with E-state index in [4.69, 9.17) is 4.74 Å². The predicted octanol–water partition coefficient (Wildman–Crippen LogP) is 2.64. The van der Waals surface area contributed by atoms with Crippen LogP contribution in [0.3, 0.4) is 0 Å². The molecule has 0 atom stereocenters. The van der Waals surface area contributed by atoms with Crippen LogP contribution in [0, 0.1) is 0 Å². The lowest BCUT2D eigenvalue weighted by Crippen LogP contribution is -2.11. The fourth-order valence-electron chi connectivity index (χ4n) is 0.974. The SMILES string of the molecule is COc1cccc(NC(=O)ON=C(C)C)c1. The predicted molar refractivity (Wildman–Crippen MR) is 61.9 cm³/mol. The Morgan fingerprint density at radius 1 is 1.38 bits per heavy atom. The number of carbonyl (C=O) groups is 1. The van der Waals surface area contributed by atoms with Gasteiger partial charge in [-0.1, -0.05) is 11.2 Å². The highest BCUT2D eigenvalue weighted by Gasteiger charge is 2.03. The third-order valence-electron chi connectivity index (χ3n) is 1.63. The summed E-state index contributed by atoms with van der Waals surface area (Å²) in [6.45, 7) is 3.47. The highest BCUT2D eigenvalue weighted by atomic mass is 16.7. The van der Waals surface area contributed by atoms with E-state index in [1.54, 1.807) is 45.2 Å². The van der Waals surface area contributed by atoms with E-state index in [1.807, 2.05) is 0 Å². The van der Waals surface area contributed by atoms with Crippen molar-refractivity contribution >= 4 is 17.5 Å². The molecule has 1 aromatic rings. The summed E-state index contributed by atoms with van der Waals surface area (Å²) in [5.41, 5.74) is 1.26. The molecule has 16 heavy (non-hydrogen) atoms. The molecule has 1 rings (SSSR count). The van der Waals surface area contributed by atoms with E-state index in [0.717, 1.165) is 0 Å². The maximum Gasteiger partial charge on any atom is 0.437 e. The van der Waals surface area contributed by atoms with Crippen molar-refractivity contribution in [2.45, 2.75) is 13.8 Å². The van der Waals surface area contributed by atoms with Gasteiger partial charge in [-0.25, -0.2) is 4.79 Å². The summed E-state index contributed by atoms with van der Waals surface area (Å²) in [7, 11) is 1.56. The minimum absolute atomic E-state index is 0.591. The van der Waals surface area contributed by atoms with Crippen LogP contribution in [-0.4, -0.2) is 18.9 Å². The first kappa shape index (κ1) is 12.0. The van der Waals surface area contributed by atoms with E-state index < -0.39 is 6.09 Å². The van der Waals surface area contributed by atoms with Crippen molar-refractivity contribution in [2.75, 3.05) is 12.4 Å². The van der Waals surface area contributed by atoms with Gasteiger partial charge in [0, 0.05) is 11.8 Å². The van der Waals surface area contributed by atoms with Gasteiger partial charge in [-0.2, -0.15) is 0 Å². The van der Waals surface area contributed by atoms with Crippen LogP contribution in [0.5, 0.6) is 5.75 Å². The van der Waals surface area contributed by atoms with Crippen LogP contribution in [0.4, 0.5) is 10.5 Å². The number of anilines is 1.